The van der Waals surface area contributed by atoms with Crippen LogP contribution in [0.2, 0.25) is 5.02 Å². The molecule has 6 nitrogen and oxygen atoms in total. The highest BCUT2D eigenvalue weighted by atomic mass is 35.5. The molecule has 144 valence electrons. The number of amides is 2. The lowest BCUT2D eigenvalue weighted by atomic mass is 10.1. The quantitative estimate of drug-likeness (QED) is 0.559. The molecule has 0 aliphatic rings. The van der Waals surface area contributed by atoms with E-state index in [1.165, 1.54) is 0 Å². The molecule has 28 heavy (non-hydrogen) atoms. The highest BCUT2D eigenvalue weighted by Crippen LogP contribution is 2.22. The number of carbonyl (C=O) groups excluding carboxylic acids is 2. The molecular weight excluding hydrogens is 378 g/mol. The van der Waals surface area contributed by atoms with Gasteiger partial charge in [-0.15, -0.1) is 0 Å². The van der Waals surface area contributed by atoms with Gasteiger partial charge < -0.3 is 20.3 Å². The van der Waals surface area contributed by atoms with E-state index in [0.717, 1.165) is 16.5 Å². The van der Waals surface area contributed by atoms with E-state index in [9.17, 15) is 9.59 Å². The maximum atomic E-state index is 12.6. The van der Waals surface area contributed by atoms with Gasteiger partial charge in [0.15, 0.2) is 0 Å². The number of hydrogen-bond acceptors (Lipinski definition) is 3. The molecule has 0 saturated carbocycles. The van der Waals surface area contributed by atoms with Crippen molar-refractivity contribution in [2.75, 3.05) is 13.2 Å². The predicted octanol–water partition coefficient (Wildman–Crippen LogP) is 2.71. The van der Waals surface area contributed by atoms with Gasteiger partial charge in [-0.05, 0) is 24.3 Å². The first-order valence-corrected chi connectivity index (χ1v) is 9.09. The summed E-state index contributed by atoms with van der Waals surface area (Å²) in [5.74, 6) is -0.987. The van der Waals surface area contributed by atoms with Crippen LogP contribution in [-0.4, -0.2) is 34.6 Å². The van der Waals surface area contributed by atoms with Crippen LogP contribution in [0.4, 0.5) is 0 Å². The third-order valence-electron chi connectivity index (χ3n) is 4.24. The lowest BCUT2D eigenvalue weighted by Crippen LogP contribution is -2.36. The summed E-state index contributed by atoms with van der Waals surface area (Å²) >= 11 is 6.09. The number of halogens is 1. The van der Waals surface area contributed by atoms with Crippen LogP contribution in [-0.2, 0) is 11.8 Å². The summed E-state index contributed by atoms with van der Waals surface area (Å²) in [4.78, 5) is 25.2. The van der Waals surface area contributed by atoms with Crippen LogP contribution in [0, 0.1) is 0 Å². The van der Waals surface area contributed by atoms with Gasteiger partial charge in [-0.2, -0.15) is 0 Å². The molecule has 0 fully saturated rings. The number of hydrogen-bond donors (Lipinski definition) is 3. The molecule has 7 heteroatoms. The van der Waals surface area contributed by atoms with Gasteiger partial charge in [0, 0.05) is 36.3 Å². The molecule has 0 bridgehead atoms. The summed E-state index contributed by atoms with van der Waals surface area (Å²) in [6.07, 6.45) is 3.50. The minimum atomic E-state index is -0.498. The first kappa shape index (κ1) is 19.7. The second kappa shape index (κ2) is 8.73. The molecule has 0 unspecified atom stereocenters. The number of aryl methyl sites for hydroxylation is 1. The molecule has 3 aromatic rings. The molecule has 2 amide bonds. The van der Waals surface area contributed by atoms with Crippen LogP contribution in [0.3, 0.4) is 0 Å². The van der Waals surface area contributed by atoms with E-state index < -0.39 is 11.8 Å². The zero-order chi connectivity index (χ0) is 20.1. The zero-order valence-electron chi connectivity index (χ0n) is 15.3. The van der Waals surface area contributed by atoms with Gasteiger partial charge in [0.1, 0.15) is 5.70 Å². The zero-order valence-corrected chi connectivity index (χ0v) is 16.0. The summed E-state index contributed by atoms with van der Waals surface area (Å²) in [6.45, 7) is -0.126. The van der Waals surface area contributed by atoms with Crippen LogP contribution in [0.15, 0.2) is 60.4 Å². The normalized spacial score (nSPS) is 11.5. The van der Waals surface area contributed by atoms with Crippen molar-refractivity contribution in [1.29, 1.82) is 0 Å². The summed E-state index contributed by atoms with van der Waals surface area (Å²) in [5.41, 5.74) is 2.12. The number of benzene rings is 2. The van der Waals surface area contributed by atoms with Gasteiger partial charge >= 0.3 is 0 Å². The molecule has 3 rings (SSSR count). The van der Waals surface area contributed by atoms with Crippen LogP contribution in [0.1, 0.15) is 15.9 Å². The first-order chi connectivity index (χ1) is 13.5. The molecule has 0 saturated heterocycles. The fourth-order valence-corrected chi connectivity index (χ4v) is 3.12. The minimum absolute atomic E-state index is 0.0646. The molecule has 1 heterocycles. The van der Waals surface area contributed by atoms with Crippen molar-refractivity contribution in [2.24, 2.45) is 7.05 Å². The second-order valence-corrected chi connectivity index (χ2v) is 6.59. The predicted molar refractivity (Wildman–Crippen MR) is 110 cm³/mol. The summed E-state index contributed by atoms with van der Waals surface area (Å²) in [7, 11) is 1.91. The van der Waals surface area contributed by atoms with E-state index in [-0.39, 0.29) is 24.4 Å². The summed E-state index contributed by atoms with van der Waals surface area (Å²) in [5, 5.41) is 15.4. The second-order valence-electron chi connectivity index (χ2n) is 6.18. The number of carbonyl (C=O) groups is 2. The van der Waals surface area contributed by atoms with Crippen molar-refractivity contribution in [3.05, 3.63) is 76.6 Å². The van der Waals surface area contributed by atoms with Crippen LogP contribution in [0.25, 0.3) is 17.0 Å². The Bertz CT molecular complexity index is 1060. The Labute approximate surface area is 167 Å². The third-order valence-corrected chi connectivity index (χ3v) is 4.57. The van der Waals surface area contributed by atoms with Crippen molar-refractivity contribution in [2.45, 2.75) is 0 Å². The van der Waals surface area contributed by atoms with Gasteiger partial charge in [-0.25, -0.2) is 0 Å². The molecule has 1 aromatic heterocycles. The van der Waals surface area contributed by atoms with E-state index in [1.54, 1.807) is 30.3 Å². The summed E-state index contributed by atoms with van der Waals surface area (Å²) < 4.78 is 1.94. The number of rotatable bonds is 6. The van der Waals surface area contributed by atoms with Crippen molar-refractivity contribution >= 4 is 40.4 Å². The Hall–Kier alpha value is -3.09. The number of aliphatic hydroxyl groups is 1. The number of fused-ring (bicyclic) bond motifs is 1. The SMILES string of the molecule is Cn1cc(/C=C(\NC(=O)c2ccccc2Cl)C(=O)NCCO)c2ccccc21. The van der Waals surface area contributed by atoms with Crippen LogP contribution in [0.5, 0.6) is 0 Å². The first-order valence-electron chi connectivity index (χ1n) is 8.72. The molecule has 0 radical (unpaired) electrons. The van der Waals surface area contributed by atoms with E-state index >= 15 is 0 Å². The molecule has 2 aromatic carbocycles. The lowest BCUT2D eigenvalue weighted by Gasteiger charge is -2.11. The number of nitrogens with zero attached hydrogens (tertiary/aromatic N) is 1. The monoisotopic (exact) mass is 397 g/mol. The molecule has 0 spiro atoms. The van der Waals surface area contributed by atoms with Crippen molar-refractivity contribution < 1.29 is 14.7 Å². The van der Waals surface area contributed by atoms with E-state index in [1.807, 2.05) is 42.1 Å². The molecule has 0 aliphatic carbocycles. The number of nitrogens with one attached hydrogen (secondary N) is 2. The largest absolute Gasteiger partial charge is 0.395 e. The minimum Gasteiger partial charge on any atom is -0.395 e. The molecular formula is C21H20ClN3O3. The number of aromatic nitrogens is 1. The Balaban J connectivity index is 1.99. The summed E-state index contributed by atoms with van der Waals surface area (Å²) in [6, 6.07) is 14.4. The molecule has 0 aliphatic heterocycles. The average Bonchev–Trinajstić information content (AvgIpc) is 3.01. The molecule has 0 atom stereocenters. The Morgan fingerprint density at radius 2 is 1.86 bits per heavy atom. The van der Waals surface area contributed by atoms with Gasteiger partial charge in [-0.3, -0.25) is 9.59 Å². The van der Waals surface area contributed by atoms with Crippen LogP contribution >= 0.6 is 11.6 Å². The standard InChI is InChI=1S/C21H20ClN3O3/c1-25-13-14(15-6-3-5-9-19(15)25)12-18(21(28)23-10-11-26)24-20(27)16-7-2-4-8-17(16)22/h2-9,12-13,26H,10-11H2,1H3,(H,23,28)(H,24,27)/b18-12-. The number of aliphatic hydroxyl groups excluding tert-OH is 1. The van der Waals surface area contributed by atoms with E-state index in [2.05, 4.69) is 10.6 Å². The van der Waals surface area contributed by atoms with E-state index in [0.29, 0.717) is 5.02 Å². The lowest BCUT2D eigenvalue weighted by molar-refractivity contribution is -0.117. The van der Waals surface area contributed by atoms with E-state index in [4.69, 9.17) is 16.7 Å². The molecule has 3 N–H and O–H groups in total. The highest BCUT2D eigenvalue weighted by Gasteiger charge is 2.17. The maximum Gasteiger partial charge on any atom is 0.267 e. The van der Waals surface area contributed by atoms with Crippen molar-refractivity contribution in [1.82, 2.24) is 15.2 Å². The Morgan fingerprint density at radius 3 is 2.61 bits per heavy atom. The third kappa shape index (κ3) is 4.24. The fraction of sp³-hybridized carbons (Fsp3) is 0.143. The van der Waals surface area contributed by atoms with Crippen molar-refractivity contribution in [3.63, 3.8) is 0 Å². The average molecular weight is 398 g/mol. The fourth-order valence-electron chi connectivity index (χ4n) is 2.90. The van der Waals surface area contributed by atoms with Gasteiger partial charge in [-0.1, -0.05) is 41.9 Å². The maximum absolute atomic E-state index is 12.6. The Kier molecular flexibility index (Phi) is 6.13. The Morgan fingerprint density at radius 1 is 1.14 bits per heavy atom. The van der Waals surface area contributed by atoms with Crippen molar-refractivity contribution in [3.8, 4) is 0 Å². The van der Waals surface area contributed by atoms with Gasteiger partial charge in [0.2, 0.25) is 0 Å². The van der Waals surface area contributed by atoms with Crippen LogP contribution < -0.4 is 10.6 Å². The van der Waals surface area contributed by atoms with Gasteiger partial charge in [0.05, 0.1) is 17.2 Å². The highest BCUT2D eigenvalue weighted by molar-refractivity contribution is 6.34. The van der Waals surface area contributed by atoms with Gasteiger partial charge in [0.25, 0.3) is 11.8 Å². The number of para-hydroxylation sites is 1. The smallest absolute Gasteiger partial charge is 0.267 e. The topological polar surface area (TPSA) is 83.4 Å².